The van der Waals surface area contributed by atoms with Gasteiger partial charge in [-0.25, -0.2) is 10.4 Å². The molecular weight excluding hydrogens is 392 g/mol. The number of ether oxygens (including phenoxy) is 2. The number of nitrogens with one attached hydrogen (secondary N) is 1. The van der Waals surface area contributed by atoms with Crippen LogP contribution in [0.1, 0.15) is 27.3 Å². The zero-order valence-electron chi connectivity index (χ0n) is 17.3. The molecule has 0 bridgehead atoms. The Morgan fingerprint density at radius 2 is 1.90 bits per heavy atom. The number of carbonyl (C=O) groups excluding carboxylic acids is 1. The second-order valence-electron chi connectivity index (χ2n) is 6.86. The Morgan fingerprint density at radius 1 is 1.10 bits per heavy atom. The number of pyridine rings is 1. The molecule has 2 aromatic carbocycles. The minimum atomic E-state index is -0.368. The van der Waals surface area contributed by atoms with Crippen molar-refractivity contribution in [3.8, 4) is 11.5 Å². The SMILES string of the molecule is COc1cc(/C=N\NC(=O)c2nc3ccccn3c2C)ccc1OCc1ccccc1. The number of hydrazone groups is 1. The summed E-state index contributed by atoms with van der Waals surface area (Å²) in [5.41, 5.74) is 6.17. The first-order valence-electron chi connectivity index (χ1n) is 9.77. The third-order valence-electron chi connectivity index (χ3n) is 4.79. The molecule has 2 aromatic heterocycles. The van der Waals surface area contributed by atoms with Crippen molar-refractivity contribution in [3.63, 3.8) is 0 Å². The van der Waals surface area contributed by atoms with Crippen LogP contribution in [0.15, 0.2) is 78.0 Å². The fourth-order valence-corrected chi connectivity index (χ4v) is 3.17. The topological polar surface area (TPSA) is 77.2 Å². The van der Waals surface area contributed by atoms with Crippen LogP contribution >= 0.6 is 0 Å². The summed E-state index contributed by atoms with van der Waals surface area (Å²) < 4.78 is 13.2. The number of nitrogens with zero attached hydrogens (tertiary/aromatic N) is 3. The van der Waals surface area contributed by atoms with E-state index in [0.717, 1.165) is 16.8 Å². The Balaban J connectivity index is 1.42. The van der Waals surface area contributed by atoms with Crippen molar-refractivity contribution in [2.75, 3.05) is 7.11 Å². The number of hydrogen-bond donors (Lipinski definition) is 1. The van der Waals surface area contributed by atoms with E-state index >= 15 is 0 Å². The minimum Gasteiger partial charge on any atom is -0.493 e. The summed E-state index contributed by atoms with van der Waals surface area (Å²) in [6, 6.07) is 21.0. The van der Waals surface area contributed by atoms with E-state index in [1.807, 2.05) is 78.2 Å². The van der Waals surface area contributed by atoms with Gasteiger partial charge in [-0.05, 0) is 48.4 Å². The first-order chi connectivity index (χ1) is 15.2. The molecular formula is C24H22N4O3. The van der Waals surface area contributed by atoms with Crippen molar-refractivity contribution in [3.05, 3.63) is 95.4 Å². The molecule has 1 amide bonds. The largest absolute Gasteiger partial charge is 0.493 e. The van der Waals surface area contributed by atoms with E-state index in [-0.39, 0.29) is 5.91 Å². The number of amides is 1. The summed E-state index contributed by atoms with van der Waals surface area (Å²) in [6.07, 6.45) is 3.41. The number of aryl methyl sites for hydroxylation is 1. The number of imidazole rings is 1. The van der Waals surface area contributed by atoms with Gasteiger partial charge in [-0.2, -0.15) is 5.10 Å². The summed E-state index contributed by atoms with van der Waals surface area (Å²) >= 11 is 0. The van der Waals surface area contributed by atoms with E-state index < -0.39 is 0 Å². The predicted molar refractivity (Wildman–Crippen MR) is 119 cm³/mol. The maximum absolute atomic E-state index is 12.5. The van der Waals surface area contributed by atoms with Gasteiger partial charge in [0.05, 0.1) is 19.0 Å². The van der Waals surface area contributed by atoms with Gasteiger partial charge in [-0.3, -0.25) is 4.79 Å². The van der Waals surface area contributed by atoms with Crippen molar-refractivity contribution >= 4 is 17.8 Å². The first kappa shape index (κ1) is 20.2. The van der Waals surface area contributed by atoms with Gasteiger partial charge in [-0.15, -0.1) is 0 Å². The van der Waals surface area contributed by atoms with Crippen LogP contribution in [0.3, 0.4) is 0 Å². The van der Waals surface area contributed by atoms with E-state index in [2.05, 4.69) is 15.5 Å². The standard InChI is InChI=1S/C24H22N4O3/c1-17-23(26-22-10-6-7-13-28(17)22)24(29)27-25-15-19-11-12-20(21(14-19)30-2)31-16-18-8-4-3-5-9-18/h3-15H,16H2,1-2H3,(H,27,29)/b25-15-. The molecule has 0 saturated carbocycles. The van der Waals surface area contributed by atoms with Gasteiger partial charge in [0.25, 0.3) is 5.91 Å². The van der Waals surface area contributed by atoms with Gasteiger partial charge in [0.15, 0.2) is 17.2 Å². The molecule has 4 aromatic rings. The number of aromatic nitrogens is 2. The van der Waals surface area contributed by atoms with E-state index in [0.29, 0.717) is 29.4 Å². The molecule has 4 rings (SSSR count). The Labute approximate surface area is 180 Å². The molecule has 31 heavy (non-hydrogen) atoms. The molecule has 0 fully saturated rings. The fraction of sp³-hybridized carbons (Fsp3) is 0.125. The molecule has 156 valence electrons. The Kier molecular flexibility index (Phi) is 5.93. The highest BCUT2D eigenvalue weighted by Gasteiger charge is 2.15. The van der Waals surface area contributed by atoms with Crippen LogP contribution < -0.4 is 14.9 Å². The van der Waals surface area contributed by atoms with Crippen LogP contribution in [-0.2, 0) is 6.61 Å². The number of rotatable bonds is 7. The number of hydrogen-bond acceptors (Lipinski definition) is 5. The van der Waals surface area contributed by atoms with Gasteiger partial charge in [-0.1, -0.05) is 36.4 Å². The summed E-state index contributed by atoms with van der Waals surface area (Å²) in [6.45, 7) is 2.29. The molecule has 0 unspecified atom stereocenters. The third-order valence-corrected chi connectivity index (χ3v) is 4.79. The molecule has 0 aliphatic carbocycles. The minimum absolute atomic E-state index is 0.339. The molecule has 0 spiro atoms. The van der Waals surface area contributed by atoms with Crippen molar-refractivity contribution in [2.45, 2.75) is 13.5 Å². The van der Waals surface area contributed by atoms with E-state index in [1.165, 1.54) is 0 Å². The van der Waals surface area contributed by atoms with Crippen molar-refractivity contribution in [2.24, 2.45) is 5.10 Å². The highest BCUT2D eigenvalue weighted by atomic mass is 16.5. The Morgan fingerprint density at radius 3 is 2.68 bits per heavy atom. The maximum atomic E-state index is 12.5. The molecule has 1 N–H and O–H groups in total. The van der Waals surface area contributed by atoms with E-state index in [9.17, 15) is 4.79 Å². The summed E-state index contributed by atoms with van der Waals surface area (Å²) in [7, 11) is 1.58. The quantitative estimate of drug-likeness (QED) is 0.366. The second-order valence-corrected chi connectivity index (χ2v) is 6.86. The normalized spacial score (nSPS) is 11.0. The summed E-state index contributed by atoms with van der Waals surface area (Å²) in [5, 5.41) is 4.06. The molecule has 0 aliphatic rings. The van der Waals surface area contributed by atoms with E-state index in [1.54, 1.807) is 19.4 Å². The highest BCUT2D eigenvalue weighted by Crippen LogP contribution is 2.28. The third kappa shape index (κ3) is 4.56. The number of methoxy groups -OCH3 is 1. The average Bonchev–Trinajstić information content (AvgIpc) is 3.15. The van der Waals surface area contributed by atoms with Crippen LogP contribution in [0.4, 0.5) is 0 Å². The average molecular weight is 414 g/mol. The molecule has 0 atom stereocenters. The van der Waals surface area contributed by atoms with Crippen LogP contribution in [0.25, 0.3) is 5.65 Å². The number of carbonyl (C=O) groups is 1. The monoisotopic (exact) mass is 414 g/mol. The zero-order chi connectivity index (χ0) is 21.6. The second kappa shape index (κ2) is 9.13. The molecule has 0 aliphatic heterocycles. The summed E-state index contributed by atoms with van der Waals surface area (Å²) in [5.74, 6) is 0.850. The van der Waals surface area contributed by atoms with Crippen LogP contribution in [-0.4, -0.2) is 28.6 Å². The van der Waals surface area contributed by atoms with Crippen molar-refractivity contribution in [1.82, 2.24) is 14.8 Å². The molecule has 0 saturated heterocycles. The van der Waals surface area contributed by atoms with Gasteiger partial charge in [0, 0.05) is 6.20 Å². The van der Waals surface area contributed by atoms with Gasteiger partial charge < -0.3 is 13.9 Å². The molecule has 7 nitrogen and oxygen atoms in total. The zero-order valence-corrected chi connectivity index (χ0v) is 17.3. The highest BCUT2D eigenvalue weighted by molar-refractivity contribution is 5.95. The first-order valence-corrected chi connectivity index (χ1v) is 9.77. The summed E-state index contributed by atoms with van der Waals surface area (Å²) in [4.78, 5) is 16.8. The fourth-order valence-electron chi connectivity index (χ4n) is 3.17. The van der Waals surface area contributed by atoms with Crippen LogP contribution in [0, 0.1) is 6.92 Å². The lowest BCUT2D eigenvalue weighted by molar-refractivity contribution is 0.0950. The van der Waals surface area contributed by atoms with Crippen molar-refractivity contribution in [1.29, 1.82) is 0 Å². The van der Waals surface area contributed by atoms with Gasteiger partial charge >= 0.3 is 0 Å². The lowest BCUT2D eigenvalue weighted by Crippen LogP contribution is -2.19. The van der Waals surface area contributed by atoms with Crippen LogP contribution in [0.2, 0.25) is 0 Å². The van der Waals surface area contributed by atoms with Crippen molar-refractivity contribution < 1.29 is 14.3 Å². The molecule has 0 radical (unpaired) electrons. The lowest BCUT2D eigenvalue weighted by atomic mass is 10.2. The number of fused-ring (bicyclic) bond motifs is 1. The lowest BCUT2D eigenvalue weighted by Gasteiger charge is -2.11. The number of benzene rings is 2. The van der Waals surface area contributed by atoms with Gasteiger partial charge in [0.1, 0.15) is 12.3 Å². The maximum Gasteiger partial charge on any atom is 0.291 e. The smallest absolute Gasteiger partial charge is 0.291 e. The molecule has 7 heteroatoms. The Bertz CT molecular complexity index is 1230. The van der Waals surface area contributed by atoms with Gasteiger partial charge in [0.2, 0.25) is 0 Å². The van der Waals surface area contributed by atoms with E-state index in [4.69, 9.17) is 9.47 Å². The predicted octanol–water partition coefficient (Wildman–Crippen LogP) is 3.99. The van der Waals surface area contributed by atoms with Crippen LogP contribution in [0.5, 0.6) is 11.5 Å². The Hall–Kier alpha value is -4.13. The molecule has 2 heterocycles.